The molecule has 0 saturated heterocycles. The number of nitrogens with one attached hydrogen (secondary N) is 2. The van der Waals surface area contributed by atoms with Gasteiger partial charge in [0.25, 0.3) is 5.91 Å². The minimum Gasteiger partial charge on any atom is -0.352 e. The van der Waals surface area contributed by atoms with Crippen molar-refractivity contribution >= 4 is 17.5 Å². The molecule has 3 rings (SSSR count). The van der Waals surface area contributed by atoms with Gasteiger partial charge in [0.1, 0.15) is 5.82 Å². The van der Waals surface area contributed by atoms with Crippen molar-refractivity contribution in [2.24, 2.45) is 0 Å². The fourth-order valence-corrected chi connectivity index (χ4v) is 2.79. The molecule has 2 N–H and O–H groups in total. The standard InChI is InChI=1S/C21H22N4O2/c1-16(26)24-19-9-7-18(8-10-19)21(27)23-12-11-20-22-13-14-25(20)15-17-5-3-2-4-6-17/h2-10,13-14H,11-12,15H2,1H3,(H,23,27)(H,24,26). The number of imidazole rings is 1. The van der Waals surface area contributed by atoms with Crippen LogP contribution in [0, 0.1) is 0 Å². The van der Waals surface area contributed by atoms with Crippen LogP contribution < -0.4 is 10.6 Å². The maximum Gasteiger partial charge on any atom is 0.251 e. The Morgan fingerprint density at radius 1 is 1.04 bits per heavy atom. The van der Waals surface area contributed by atoms with Crippen LogP contribution in [0.3, 0.4) is 0 Å². The average Bonchev–Trinajstić information content (AvgIpc) is 3.09. The van der Waals surface area contributed by atoms with Crippen molar-refractivity contribution in [2.45, 2.75) is 19.9 Å². The number of carbonyl (C=O) groups is 2. The SMILES string of the molecule is CC(=O)Nc1ccc(C(=O)NCCc2nccn2Cc2ccccc2)cc1. The van der Waals surface area contributed by atoms with Crippen molar-refractivity contribution in [3.8, 4) is 0 Å². The Hall–Kier alpha value is -3.41. The molecule has 0 fully saturated rings. The van der Waals surface area contributed by atoms with Crippen molar-refractivity contribution in [1.29, 1.82) is 0 Å². The van der Waals surface area contributed by atoms with Gasteiger partial charge in [-0.15, -0.1) is 0 Å². The largest absolute Gasteiger partial charge is 0.352 e. The number of aromatic nitrogens is 2. The Bertz CT molecular complexity index is 901. The lowest BCUT2D eigenvalue weighted by atomic mass is 10.2. The van der Waals surface area contributed by atoms with Gasteiger partial charge < -0.3 is 15.2 Å². The van der Waals surface area contributed by atoms with Crippen LogP contribution in [-0.4, -0.2) is 27.9 Å². The molecule has 0 atom stereocenters. The average molecular weight is 362 g/mol. The molecule has 0 radical (unpaired) electrons. The normalized spacial score (nSPS) is 10.4. The molecule has 6 nitrogen and oxygen atoms in total. The Morgan fingerprint density at radius 2 is 1.78 bits per heavy atom. The highest BCUT2D eigenvalue weighted by atomic mass is 16.2. The molecule has 0 spiro atoms. The minimum atomic E-state index is -0.148. The second-order valence-corrected chi connectivity index (χ2v) is 6.22. The Labute approximate surface area is 158 Å². The molecule has 1 heterocycles. The number of hydrogen-bond donors (Lipinski definition) is 2. The number of rotatable bonds is 7. The number of carbonyl (C=O) groups excluding carboxylic acids is 2. The summed E-state index contributed by atoms with van der Waals surface area (Å²) in [6, 6.07) is 17.0. The highest BCUT2D eigenvalue weighted by molar-refractivity contribution is 5.95. The van der Waals surface area contributed by atoms with Gasteiger partial charge in [-0.2, -0.15) is 0 Å². The maximum atomic E-state index is 12.3. The number of benzene rings is 2. The summed E-state index contributed by atoms with van der Waals surface area (Å²) < 4.78 is 2.09. The lowest BCUT2D eigenvalue weighted by molar-refractivity contribution is -0.114. The molecule has 0 aliphatic heterocycles. The number of anilines is 1. The van der Waals surface area contributed by atoms with Gasteiger partial charge in [0.05, 0.1) is 0 Å². The van der Waals surface area contributed by atoms with E-state index in [1.54, 1.807) is 30.5 Å². The van der Waals surface area contributed by atoms with E-state index in [0.717, 1.165) is 12.4 Å². The zero-order chi connectivity index (χ0) is 19.1. The van der Waals surface area contributed by atoms with Crippen LogP contribution >= 0.6 is 0 Å². The number of nitrogens with zero attached hydrogens (tertiary/aromatic N) is 2. The quantitative estimate of drug-likeness (QED) is 0.679. The van der Waals surface area contributed by atoms with Crippen LogP contribution in [0.25, 0.3) is 0 Å². The molecular formula is C21H22N4O2. The molecule has 2 amide bonds. The van der Waals surface area contributed by atoms with Gasteiger partial charge in [0, 0.05) is 50.1 Å². The summed E-state index contributed by atoms with van der Waals surface area (Å²) >= 11 is 0. The monoisotopic (exact) mass is 362 g/mol. The summed E-state index contributed by atoms with van der Waals surface area (Å²) in [6.45, 7) is 2.70. The minimum absolute atomic E-state index is 0.141. The van der Waals surface area contributed by atoms with Crippen LogP contribution in [0.15, 0.2) is 67.0 Å². The van der Waals surface area contributed by atoms with Crippen LogP contribution in [0.5, 0.6) is 0 Å². The summed E-state index contributed by atoms with van der Waals surface area (Å²) in [5, 5.41) is 5.59. The molecule has 0 aliphatic rings. The molecule has 0 saturated carbocycles. The van der Waals surface area contributed by atoms with Gasteiger partial charge in [-0.05, 0) is 29.8 Å². The molecule has 0 aliphatic carbocycles. The first kappa shape index (κ1) is 18.4. The summed E-state index contributed by atoms with van der Waals surface area (Å²) in [4.78, 5) is 27.7. The molecular weight excluding hydrogens is 340 g/mol. The van der Waals surface area contributed by atoms with Gasteiger partial charge >= 0.3 is 0 Å². The maximum absolute atomic E-state index is 12.3. The zero-order valence-electron chi connectivity index (χ0n) is 15.2. The molecule has 1 aromatic heterocycles. The van der Waals surface area contributed by atoms with E-state index in [0.29, 0.717) is 24.2 Å². The van der Waals surface area contributed by atoms with Gasteiger partial charge in [-0.25, -0.2) is 4.98 Å². The van der Waals surface area contributed by atoms with Crippen LogP contribution in [0.4, 0.5) is 5.69 Å². The highest BCUT2D eigenvalue weighted by Gasteiger charge is 2.08. The summed E-state index contributed by atoms with van der Waals surface area (Å²) in [5.74, 6) is 0.643. The fraction of sp³-hybridized carbons (Fsp3) is 0.190. The van der Waals surface area contributed by atoms with Crippen LogP contribution in [-0.2, 0) is 17.8 Å². The topological polar surface area (TPSA) is 76.0 Å². The first-order chi connectivity index (χ1) is 13.1. The van der Waals surface area contributed by atoms with E-state index in [1.165, 1.54) is 12.5 Å². The van der Waals surface area contributed by atoms with E-state index in [9.17, 15) is 9.59 Å². The van der Waals surface area contributed by atoms with Gasteiger partial charge in [0.2, 0.25) is 5.91 Å². The van der Waals surface area contributed by atoms with E-state index in [-0.39, 0.29) is 11.8 Å². The third kappa shape index (κ3) is 5.28. The Morgan fingerprint density at radius 3 is 2.48 bits per heavy atom. The van der Waals surface area contributed by atoms with E-state index in [4.69, 9.17) is 0 Å². The van der Waals surface area contributed by atoms with Crippen molar-refractivity contribution in [1.82, 2.24) is 14.9 Å². The number of amides is 2. The Kier molecular flexibility index (Phi) is 5.99. The lowest BCUT2D eigenvalue weighted by Crippen LogP contribution is -2.26. The predicted molar refractivity (Wildman–Crippen MR) is 105 cm³/mol. The summed E-state index contributed by atoms with van der Waals surface area (Å²) in [6.07, 6.45) is 4.38. The van der Waals surface area contributed by atoms with Gasteiger partial charge in [-0.1, -0.05) is 30.3 Å². The van der Waals surface area contributed by atoms with Crippen LogP contribution in [0.2, 0.25) is 0 Å². The molecule has 27 heavy (non-hydrogen) atoms. The first-order valence-electron chi connectivity index (χ1n) is 8.81. The van der Waals surface area contributed by atoms with Crippen molar-refractivity contribution in [2.75, 3.05) is 11.9 Å². The van der Waals surface area contributed by atoms with Crippen molar-refractivity contribution in [3.63, 3.8) is 0 Å². The number of hydrogen-bond acceptors (Lipinski definition) is 3. The summed E-state index contributed by atoms with van der Waals surface area (Å²) in [5.41, 5.74) is 2.43. The van der Waals surface area contributed by atoms with E-state index >= 15 is 0 Å². The molecule has 138 valence electrons. The highest BCUT2D eigenvalue weighted by Crippen LogP contribution is 2.10. The predicted octanol–water partition coefficient (Wildman–Crippen LogP) is 2.86. The second kappa shape index (κ2) is 8.80. The third-order valence-electron chi connectivity index (χ3n) is 4.10. The smallest absolute Gasteiger partial charge is 0.251 e. The second-order valence-electron chi connectivity index (χ2n) is 6.22. The molecule has 0 bridgehead atoms. The Balaban J connectivity index is 1.52. The third-order valence-corrected chi connectivity index (χ3v) is 4.10. The van der Waals surface area contributed by atoms with Crippen molar-refractivity contribution in [3.05, 3.63) is 83.9 Å². The summed E-state index contributed by atoms with van der Waals surface area (Å²) in [7, 11) is 0. The zero-order valence-corrected chi connectivity index (χ0v) is 15.2. The van der Waals surface area contributed by atoms with E-state index in [1.807, 2.05) is 24.4 Å². The van der Waals surface area contributed by atoms with E-state index in [2.05, 4.69) is 32.3 Å². The van der Waals surface area contributed by atoms with Crippen molar-refractivity contribution < 1.29 is 9.59 Å². The van der Waals surface area contributed by atoms with Gasteiger partial charge in [0.15, 0.2) is 0 Å². The molecule has 2 aromatic carbocycles. The first-order valence-corrected chi connectivity index (χ1v) is 8.81. The van der Waals surface area contributed by atoms with E-state index < -0.39 is 0 Å². The lowest BCUT2D eigenvalue weighted by Gasteiger charge is -2.09. The van der Waals surface area contributed by atoms with Gasteiger partial charge in [-0.3, -0.25) is 9.59 Å². The molecule has 3 aromatic rings. The molecule has 0 unspecified atom stereocenters. The molecule has 6 heteroatoms. The van der Waals surface area contributed by atoms with Crippen LogP contribution in [0.1, 0.15) is 28.7 Å². The fourth-order valence-electron chi connectivity index (χ4n) is 2.79.